The van der Waals surface area contributed by atoms with Gasteiger partial charge in [-0.05, 0) is 78.1 Å². The number of carboxylic acid groups (broad SMARTS) is 1. The predicted molar refractivity (Wildman–Crippen MR) is 226 cm³/mol. The Kier molecular flexibility index (Phi) is 12.4. The van der Waals surface area contributed by atoms with Crippen LogP contribution in [0.15, 0.2) is 118 Å². The van der Waals surface area contributed by atoms with Gasteiger partial charge in [-0.1, -0.05) is 71.7 Å². The molecule has 0 bridgehead atoms. The Bertz CT molecular complexity index is 2560. The van der Waals surface area contributed by atoms with Crippen LogP contribution in [0, 0.1) is 0 Å². The van der Waals surface area contributed by atoms with Crippen LogP contribution in [0.1, 0.15) is 45.6 Å². The highest BCUT2D eigenvalue weighted by molar-refractivity contribution is 6.35. The molecule has 3 amide bonds. The summed E-state index contributed by atoms with van der Waals surface area (Å²) in [7, 11) is 0. The number of rotatable bonds is 14. The second-order valence-electron chi connectivity index (χ2n) is 13.6. The number of amidine groups is 2. The summed E-state index contributed by atoms with van der Waals surface area (Å²) >= 11 is 12.8. The minimum Gasteiger partial charge on any atom is -0.481 e. The van der Waals surface area contributed by atoms with E-state index < -0.39 is 5.97 Å². The third-order valence-electron chi connectivity index (χ3n) is 9.47. The summed E-state index contributed by atoms with van der Waals surface area (Å²) in [4.78, 5) is 68.5. The van der Waals surface area contributed by atoms with E-state index >= 15 is 0 Å². The Morgan fingerprint density at radius 2 is 1.49 bits per heavy atom. The van der Waals surface area contributed by atoms with E-state index in [4.69, 9.17) is 34.0 Å². The zero-order valence-electron chi connectivity index (χ0n) is 31.4. The van der Waals surface area contributed by atoms with Crippen LogP contribution in [0.4, 0.5) is 17.2 Å². The zero-order valence-corrected chi connectivity index (χ0v) is 32.9. The van der Waals surface area contributed by atoms with Crippen molar-refractivity contribution in [2.45, 2.75) is 32.2 Å². The molecule has 14 nitrogen and oxygen atoms in total. The molecule has 2 aliphatic rings. The van der Waals surface area contributed by atoms with Gasteiger partial charge in [0.15, 0.2) is 11.7 Å². The number of aliphatic carboxylic acids is 1. The Morgan fingerprint density at radius 3 is 2.22 bits per heavy atom. The van der Waals surface area contributed by atoms with E-state index in [9.17, 15) is 19.2 Å². The lowest BCUT2D eigenvalue weighted by atomic mass is 10.0. The number of carbonyl (C=O) groups is 4. The smallest absolute Gasteiger partial charge is 0.307 e. The molecule has 0 atom stereocenters. The first-order valence-corrected chi connectivity index (χ1v) is 19.3. The topological polar surface area (TPSA) is 213 Å². The van der Waals surface area contributed by atoms with Crippen LogP contribution in [0.2, 0.25) is 10.0 Å². The molecule has 0 saturated heterocycles. The fraction of sp³-hybridized carbons (Fsp3) is 0.163. The van der Waals surface area contributed by atoms with Crippen LogP contribution in [0.25, 0.3) is 11.4 Å². The van der Waals surface area contributed by atoms with Crippen molar-refractivity contribution in [2.24, 2.45) is 15.7 Å². The van der Waals surface area contributed by atoms with Crippen LogP contribution in [-0.4, -0.2) is 63.5 Å². The SMILES string of the molecule is NC(=NC(=Nc1ccc(CC(=O)O)cc1)C1=C(CCCNC(=O)Cc2ccc(Nc3nc(-c4ccccc4Cl)nc4c3C(=O)NC4)cc2)CNC1=O)c1ccccc1Cl. The summed E-state index contributed by atoms with van der Waals surface area (Å²) in [5.41, 5.74) is 11.9. The molecule has 2 aliphatic heterocycles. The molecule has 0 saturated carbocycles. The molecule has 7 N–H and O–H groups in total. The van der Waals surface area contributed by atoms with E-state index in [2.05, 4.69) is 41.2 Å². The molecule has 0 unspecified atom stereocenters. The van der Waals surface area contributed by atoms with Crippen molar-refractivity contribution in [1.29, 1.82) is 0 Å². The highest BCUT2D eigenvalue weighted by Gasteiger charge is 2.29. The van der Waals surface area contributed by atoms with Crippen molar-refractivity contribution in [1.82, 2.24) is 25.9 Å². The largest absolute Gasteiger partial charge is 0.481 e. The van der Waals surface area contributed by atoms with Gasteiger partial charge in [0, 0.05) is 29.9 Å². The van der Waals surface area contributed by atoms with Gasteiger partial charge in [-0.3, -0.25) is 19.2 Å². The number of carboxylic acids is 1. The lowest BCUT2D eigenvalue weighted by Crippen LogP contribution is -2.26. The van der Waals surface area contributed by atoms with Crippen molar-refractivity contribution >= 4 is 75.8 Å². The fourth-order valence-corrected chi connectivity index (χ4v) is 7.02. The molecule has 4 aromatic carbocycles. The summed E-state index contributed by atoms with van der Waals surface area (Å²) in [6, 6.07) is 28.0. The van der Waals surface area contributed by atoms with Gasteiger partial charge >= 0.3 is 5.97 Å². The first kappa shape index (κ1) is 40.3. The summed E-state index contributed by atoms with van der Waals surface area (Å²) in [5.74, 6) is -0.892. The summed E-state index contributed by atoms with van der Waals surface area (Å²) < 4.78 is 0. The quantitative estimate of drug-likeness (QED) is 0.0435. The maximum absolute atomic E-state index is 13.2. The van der Waals surface area contributed by atoms with Gasteiger partial charge in [0.1, 0.15) is 17.2 Å². The molecular formula is C43H37Cl2N9O5. The van der Waals surface area contributed by atoms with E-state index in [1.807, 2.05) is 42.5 Å². The second-order valence-corrected chi connectivity index (χ2v) is 14.5. The van der Waals surface area contributed by atoms with Crippen LogP contribution in [0.5, 0.6) is 0 Å². The maximum atomic E-state index is 13.2. The molecule has 0 radical (unpaired) electrons. The lowest BCUT2D eigenvalue weighted by molar-refractivity contribution is -0.136. The highest BCUT2D eigenvalue weighted by atomic mass is 35.5. The minimum atomic E-state index is -0.958. The molecule has 0 aliphatic carbocycles. The van der Waals surface area contributed by atoms with Crippen molar-refractivity contribution < 1.29 is 24.3 Å². The Hall–Kier alpha value is -6.90. The highest BCUT2D eigenvalue weighted by Crippen LogP contribution is 2.31. The number of amides is 3. The van der Waals surface area contributed by atoms with E-state index in [1.165, 1.54) is 0 Å². The van der Waals surface area contributed by atoms with E-state index in [0.717, 1.165) is 11.1 Å². The summed E-state index contributed by atoms with van der Waals surface area (Å²) in [5, 5.41) is 21.9. The fourth-order valence-electron chi connectivity index (χ4n) is 6.56. The average molecular weight is 831 g/mol. The number of anilines is 2. The Labute approximate surface area is 348 Å². The number of hydrogen-bond acceptors (Lipinski definition) is 8. The first-order valence-electron chi connectivity index (χ1n) is 18.6. The number of carbonyl (C=O) groups excluding carboxylic acids is 3. The third kappa shape index (κ3) is 9.80. The molecule has 0 fully saturated rings. The predicted octanol–water partition coefficient (Wildman–Crippen LogP) is 6.07. The Morgan fingerprint density at radius 1 is 0.814 bits per heavy atom. The number of fused-ring (bicyclic) bond motifs is 1. The van der Waals surface area contributed by atoms with Gasteiger partial charge < -0.3 is 32.1 Å². The number of nitrogens with zero attached hydrogens (tertiary/aromatic N) is 4. The molecular weight excluding hydrogens is 793 g/mol. The zero-order chi connectivity index (χ0) is 41.5. The molecule has 7 rings (SSSR count). The van der Waals surface area contributed by atoms with E-state index in [-0.39, 0.29) is 60.9 Å². The van der Waals surface area contributed by atoms with E-state index in [1.54, 1.807) is 54.6 Å². The standard InChI is InChI=1S/C43H37Cl2N9O5/c44-31-9-3-1-7-29(31)38(46)53-40(50-27-17-13-25(14-18-27)21-35(56)57)36-26(22-48-42(36)58)6-5-19-47-34(55)20-24-11-15-28(16-12-24)51-41-37-33(23-49-43(37)59)52-39(54-41)30-8-2-4-10-32(30)45/h1-4,7-18H,5-6,19-23H2,(H,47,55)(H,48,58)(H,49,59)(H,56,57)(H2,46,50,53)(H,51,52,54). The Balaban J connectivity index is 1.00. The normalized spacial score (nSPS) is 13.9. The maximum Gasteiger partial charge on any atom is 0.307 e. The minimum absolute atomic E-state index is 0.0620. The molecule has 59 heavy (non-hydrogen) atoms. The molecule has 16 heteroatoms. The van der Waals surface area contributed by atoms with Gasteiger partial charge in [0.05, 0.1) is 46.4 Å². The molecule has 0 spiro atoms. The van der Waals surface area contributed by atoms with Gasteiger partial charge in [-0.2, -0.15) is 0 Å². The van der Waals surface area contributed by atoms with Gasteiger partial charge in [-0.25, -0.2) is 20.0 Å². The van der Waals surface area contributed by atoms with Crippen molar-refractivity contribution in [3.8, 4) is 11.4 Å². The lowest BCUT2D eigenvalue weighted by Gasteiger charge is -2.12. The van der Waals surface area contributed by atoms with Crippen LogP contribution in [0.3, 0.4) is 0 Å². The third-order valence-corrected chi connectivity index (χ3v) is 10.1. The van der Waals surface area contributed by atoms with Crippen molar-refractivity contribution in [2.75, 3.05) is 18.4 Å². The average Bonchev–Trinajstić information content (AvgIpc) is 3.78. The molecule has 1 aromatic heterocycles. The molecule has 3 heterocycles. The first-order chi connectivity index (χ1) is 28.5. The summed E-state index contributed by atoms with van der Waals surface area (Å²) in [6.45, 7) is 0.896. The van der Waals surface area contributed by atoms with Crippen LogP contribution < -0.4 is 27.0 Å². The van der Waals surface area contributed by atoms with Gasteiger partial charge in [0.25, 0.3) is 11.8 Å². The number of nitrogens with one attached hydrogen (secondary N) is 4. The van der Waals surface area contributed by atoms with E-state index in [0.29, 0.717) is 80.4 Å². The van der Waals surface area contributed by atoms with Gasteiger partial charge in [-0.15, -0.1) is 0 Å². The number of hydrogen-bond donors (Lipinski definition) is 6. The van der Waals surface area contributed by atoms with Crippen molar-refractivity contribution in [3.63, 3.8) is 0 Å². The van der Waals surface area contributed by atoms with Crippen molar-refractivity contribution in [3.05, 3.63) is 146 Å². The molecule has 298 valence electrons. The number of halogens is 2. The molecule has 5 aromatic rings. The number of nitrogens with two attached hydrogens (primary N) is 1. The van der Waals surface area contributed by atoms with Crippen LogP contribution >= 0.6 is 23.2 Å². The number of benzene rings is 4. The van der Waals surface area contributed by atoms with Crippen LogP contribution in [-0.2, 0) is 33.8 Å². The second kappa shape index (κ2) is 18.1. The summed E-state index contributed by atoms with van der Waals surface area (Å²) in [6.07, 6.45) is 0.967. The number of aliphatic imine (C=N–C) groups is 2. The number of aromatic nitrogens is 2. The van der Waals surface area contributed by atoms with Gasteiger partial charge in [0.2, 0.25) is 5.91 Å². The monoisotopic (exact) mass is 829 g/mol.